The smallest absolute Gasteiger partial charge is 0.138 e. The van der Waals surface area contributed by atoms with Crippen LogP contribution in [0.25, 0.3) is 5.65 Å². The van der Waals surface area contributed by atoms with Crippen molar-refractivity contribution in [1.29, 1.82) is 0 Å². The highest BCUT2D eigenvalue weighted by atomic mass is 15.2. The Labute approximate surface area is 82.0 Å². The van der Waals surface area contributed by atoms with Gasteiger partial charge in [-0.05, 0) is 12.1 Å². The maximum Gasteiger partial charge on any atom is 0.138 e. The zero-order valence-corrected chi connectivity index (χ0v) is 7.77. The predicted molar refractivity (Wildman–Crippen MR) is 55.5 cm³/mol. The SMILES string of the molecule is c1cc(NC2CNC2)n2ccnc2c1. The molecule has 0 amide bonds. The number of hydrogen-bond acceptors (Lipinski definition) is 3. The summed E-state index contributed by atoms with van der Waals surface area (Å²) in [7, 11) is 0. The Morgan fingerprint density at radius 1 is 1.43 bits per heavy atom. The molecule has 0 saturated carbocycles. The van der Waals surface area contributed by atoms with Crippen molar-refractivity contribution >= 4 is 11.5 Å². The lowest BCUT2D eigenvalue weighted by atomic mass is 10.2. The fourth-order valence-corrected chi connectivity index (χ4v) is 1.67. The van der Waals surface area contributed by atoms with Crippen LogP contribution in [0.15, 0.2) is 30.6 Å². The van der Waals surface area contributed by atoms with Crippen molar-refractivity contribution in [3.63, 3.8) is 0 Å². The van der Waals surface area contributed by atoms with E-state index < -0.39 is 0 Å². The van der Waals surface area contributed by atoms with Gasteiger partial charge in [0.2, 0.25) is 0 Å². The summed E-state index contributed by atoms with van der Waals surface area (Å²) in [6, 6.07) is 6.66. The Morgan fingerprint density at radius 3 is 3.14 bits per heavy atom. The van der Waals surface area contributed by atoms with Gasteiger partial charge in [-0.15, -0.1) is 0 Å². The molecule has 1 aliphatic rings. The van der Waals surface area contributed by atoms with Crippen LogP contribution in [0.4, 0.5) is 5.82 Å². The fourth-order valence-electron chi connectivity index (χ4n) is 1.67. The first-order chi connectivity index (χ1) is 6.93. The van der Waals surface area contributed by atoms with Crippen LogP contribution in [0.5, 0.6) is 0 Å². The number of rotatable bonds is 2. The van der Waals surface area contributed by atoms with Gasteiger partial charge in [0.25, 0.3) is 0 Å². The van der Waals surface area contributed by atoms with Crippen molar-refractivity contribution in [2.75, 3.05) is 18.4 Å². The summed E-state index contributed by atoms with van der Waals surface area (Å²) in [5, 5.41) is 6.70. The van der Waals surface area contributed by atoms with E-state index in [0.29, 0.717) is 6.04 Å². The summed E-state index contributed by atoms with van der Waals surface area (Å²) < 4.78 is 2.07. The molecule has 0 aromatic carbocycles. The second kappa shape index (κ2) is 2.99. The van der Waals surface area contributed by atoms with E-state index in [1.165, 1.54) is 0 Å². The zero-order valence-electron chi connectivity index (χ0n) is 7.77. The summed E-state index contributed by atoms with van der Waals surface area (Å²) >= 11 is 0. The minimum atomic E-state index is 0.558. The first-order valence-electron chi connectivity index (χ1n) is 4.83. The molecular weight excluding hydrogens is 176 g/mol. The lowest BCUT2D eigenvalue weighted by Gasteiger charge is -2.29. The molecule has 14 heavy (non-hydrogen) atoms. The minimum Gasteiger partial charge on any atom is -0.366 e. The Morgan fingerprint density at radius 2 is 2.36 bits per heavy atom. The summed E-state index contributed by atoms with van der Waals surface area (Å²) in [6.07, 6.45) is 3.79. The molecule has 0 aliphatic carbocycles. The second-order valence-corrected chi connectivity index (χ2v) is 3.57. The number of fused-ring (bicyclic) bond motifs is 1. The Kier molecular flexibility index (Phi) is 1.67. The molecular formula is C10H12N4. The Bertz CT molecular complexity index is 444. The number of hydrogen-bond donors (Lipinski definition) is 2. The van der Waals surface area contributed by atoms with Gasteiger partial charge in [-0.25, -0.2) is 4.98 Å². The second-order valence-electron chi connectivity index (χ2n) is 3.57. The van der Waals surface area contributed by atoms with Gasteiger partial charge < -0.3 is 10.6 Å². The molecule has 1 aliphatic heterocycles. The molecule has 4 heteroatoms. The fraction of sp³-hybridized carbons (Fsp3) is 0.300. The van der Waals surface area contributed by atoms with Gasteiger partial charge in [0, 0.05) is 25.5 Å². The average Bonchev–Trinajstić information content (AvgIpc) is 2.59. The maximum absolute atomic E-state index is 4.24. The van der Waals surface area contributed by atoms with Crippen molar-refractivity contribution in [3.05, 3.63) is 30.6 Å². The highest BCUT2D eigenvalue weighted by Crippen LogP contribution is 2.12. The average molecular weight is 188 g/mol. The van der Waals surface area contributed by atoms with Crippen LogP contribution >= 0.6 is 0 Å². The van der Waals surface area contributed by atoms with Gasteiger partial charge in [-0.3, -0.25) is 4.40 Å². The summed E-state index contributed by atoms with van der Waals surface area (Å²) in [4.78, 5) is 4.24. The molecule has 0 spiro atoms. The van der Waals surface area contributed by atoms with Crippen LogP contribution in [0.1, 0.15) is 0 Å². The molecule has 3 heterocycles. The van der Waals surface area contributed by atoms with Gasteiger partial charge in [0.15, 0.2) is 0 Å². The van der Waals surface area contributed by atoms with E-state index in [0.717, 1.165) is 24.6 Å². The molecule has 0 radical (unpaired) electrons. The number of pyridine rings is 1. The topological polar surface area (TPSA) is 41.4 Å². The van der Waals surface area contributed by atoms with Gasteiger partial charge in [0.05, 0.1) is 6.04 Å². The van der Waals surface area contributed by atoms with Crippen LogP contribution in [-0.2, 0) is 0 Å². The monoisotopic (exact) mass is 188 g/mol. The molecule has 4 nitrogen and oxygen atoms in total. The molecule has 1 saturated heterocycles. The summed E-state index contributed by atoms with van der Waals surface area (Å²) in [6.45, 7) is 2.09. The molecule has 72 valence electrons. The van der Waals surface area contributed by atoms with Crippen molar-refractivity contribution in [2.24, 2.45) is 0 Å². The van der Waals surface area contributed by atoms with Crippen LogP contribution in [0.2, 0.25) is 0 Å². The molecule has 0 unspecified atom stereocenters. The maximum atomic E-state index is 4.24. The van der Waals surface area contributed by atoms with E-state index in [-0.39, 0.29) is 0 Å². The highest BCUT2D eigenvalue weighted by Gasteiger charge is 2.16. The molecule has 2 aromatic rings. The standard InChI is InChI=1S/C10H12N4/c1-2-9-12-4-5-14(9)10(3-1)13-8-6-11-7-8/h1-5,8,11,13H,6-7H2. The van der Waals surface area contributed by atoms with E-state index in [9.17, 15) is 0 Å². The van der Waals surface area contributed by atoms with Crippen LogP contribution in [0, 0.1) is 0 Å². The van der Waals surface area contributed by atoms with Gasteiger partial charge in [-0.1, -0.05) is 6.07 Å². The first kappa shape index (κ1) is 7.82. The molecule has 3 rings (SSSR count). The summed E-state index contributed by atoms with van der Waals surface area (Å²) in [5.74, 6) is 1.12. The van der Waals surface area contributed by atoms with Gasteiger partial charge >= 0.3 is 0 Å². The van der Waals surface area contributed by atoms with E-state index >= 15 is 0 Å². The summed E-state index contributed by atoms with van der Waals surface area (Å²) in [5.41, 5.74) is 0.988. The van der Waals surface area contributed by atoms with Crippen LogP contribution < -0.4 is 10.6 Å². The van der Waals surface area contributed by atoms with Crippen molar-refractivity contribution in [1.82, 2.24) is 14.7 Å². The normalized spacial score (nSPS) is 16.9. The number of imidazole rings is 1. The Hall–Kier alpha value is -1.55. The Balaban J connectivity index is 1.97. The molecule has 0 atom stereocenters. The third-order valence-corrected chi connectivity index (χ3v) is 2.56. The number of anilines is 1. The van der Waals surface area contributed by atoms with Crippen LogP contribution in [0.3, 0.4) is 0 Å². The van der Waals surface area contributed by atoms with Gasteiger partial charge in [0.1, 0.15) is 11.5 Å². The zero-order chi connectivity index (χ0) is 9.38. The molecule has 1 fully saturated rings. The number of nitrogens with zero attached hydrogens (tertiary/aromatic N) is 2. The quantitative estimate of drug-likeness (QED) is 0.729. The number of aromatic nitrogens is 2. The first-order valence-corrected chi connectivity index (χ1v) is 4.83. The minimum absolute atomic E-state index is 0.558. The van der Waals surface area contributed by atoms with Crippen molar-refractivity contribution in [2.45, 2.75) is 6.04 Å². The van der Waals surface area contributed by atoms with E-state index in [4.69, 9.17) is 0 Å². The molecule has 2 aromatic heterocycles. The van der Waals surface area contributed by atoms with E-state index in [2.05, 4.69) is 26.1 Å². The van der Waals surface area contributed by atoms with Crippen molar-refractivity contribution < 1.29 is 0 Å². The van der Waals surface area contributed by atoms with E-state index in [1.807, 2.05) is 24.5 Å². The third-order valence-electron chi connectivity index (χ3n) is 2.56. The van der Waals surface area contributed by atoms with Crippen LogP contribution in [-0.4, -0.2) is 28.5 Å². The number of nitrogens with one attached hydrogen (secondary N) is 2. The van der Waals surface area contributed by atoms with Crippen molar-refractivity contribution in [3.8, 4) is 0 Å². The lowest BCUT2D eigenvalue weighted by Crippen LogP contribution is -2.51. The largest absolute Gasteiger partial charge is 0.366 e. The van der Waals surface area contributed by atoms with Gasteiger partial charge in [-0.2, -0.15) is 0 Å². The third kappa shape index (κ3) is 1.15. The molecule has 2 N–H and O–H groups in total. The molecule has 0 bridgehead atoms. The lowest BCUT2D eigenvalue weighted by molar-refractivity contribution is 0.470. The van der Waals surface area contributed by atoms with E-state index in [1.54, 1.807) is 0 Å². The predicted octanol–water partition coefficient (Wildman–Crippen LogP) is 0.718. The highest BCUT2D eigenvalue weighted by molar-refractivity contribution is 5.50.